The van der Waals surface area contributed by atoms with Crippen molar-refractivity contribution in [2.75, 3.05) is 12.3 Å². The molecule has 0 rings (SSSR count). The van der Waals surface area contributed by atoms with Gasteiger partial charge in [-0.25, -0.2) is 0 Å². The van der Waals surface area contributed by atoms with Crippen molar-refractivity contribution in [3.8, 4) is 0 Å². The predicted octanol–water partition coefficient (Wildman–Crippen LogP) is 3.46. The van der Waals surface area contributed by atoms with E-state index in [1.807, 2.05) is 0 Å². The molecule has 1 nitrogen and oxygen atoms in total. The summed E-state index contributed by atoms with van der Waals surface area (Å²) < 4.78 is 0. The molecule has 84 valence electrons. The summed E-state index contributed by atoms with van der Waals surface area (Å²) in [7, 11) is 0. The maximum Gasteiger partial charge on any atom is 0.0343 e. The first-order valence-corrected chi connectivity index (χ1v) is 6.65. The Morgan fingerprint density at radius 2 is 2.00 bits per heavy atom. The van der Waals surface area contributed by atoms with Crippen LogP contribution < -0.4 is 5.32 Å². The number of thioether (sulfide) groups is 1. The average Bonchev–Trinajstić information content (AvgIpc) is 2.13. The van der Waals surface area contributed by atoms with Crippen LogP contribution in [0.3, 0.4) is 0 Å². The van der Waals surface area contributed by atoms with Crippen molar-refractivity contribution in [1.82, 2.24) is 5.32 Å². The summed E-state index contributed by atoms with van der Waals surface area (Å²) in [6.07, 6.45) is 3.59. The molecule has 2 unspecified atom stereocenters. The van der Waals surface area contributed by atoms with E-state index in [2.05, 4.69) is 57.8 Å². The van der Waals surface area contributed by atoms with Crippen LogP contribution in [0.5, 0.6) is 0 Å². The van der Waals surface area contributed by atoms with Gasteiger partial charge in [-0.3, -0.25) is 0 Å². The first kappa shape index (κ1) is 14.1. The molecule has 0 radical (unpaired) electrons. The zero-order valence-electron chi connectivity index (χ0n) is 10.3. The largest absolute Gasteiger partial charge is 0.310 e. The first-order chi connectivity index (χ1) is 6.60. The third kappa shape index (κ3) is 7.45. The minimum Gasteiger partial charge on any atom is -0.310 e. The zero-order chi connectivity index (χ0) is 11.0. The highest BCUT2D eigenvalue weighted by Crippen LogP contribution is 2.15. The van der Waals surface area contributed by atoms with Crippen LogP contribution in [0.4, 0.5) is 0 Å². The van der Waals surface area contributed by atoms with Gasteiger partial charge in [-0.1, -0.05) is 32.4 Å². The molecule has 0 spiro atoms. The molecule has 0 bridgehead atoms. The van der Waals surface area contributed by atoms with E-state index >= 15 is 0 Å². The van der Waals surface area contributed by atoms with Crippen LogP contribution in [0.1, 0.15) is 41.0 Å². The van der Waals surface area contributed by atoms with E-state index in [1.54, 1.807) is 0 Å². The molecule has 2 atom stereocenters. The Morgan fingerprint density at radius 3 is 2.43 bits per heavy atom. The summed E-state index contributed by atoms with van der Waals surface area (Å²) in [5, 5.41) is 4.28. The molecule has 0 saturated carbocycles. The lowest BCUT2D eigenvalue weighted by Crippen LogP contribution is -2.30. The lowest BCUT2D eigenvalue weighted by atomic mass is 10.2. The molecule has 0 saturated heterocycles. The number of rotatable bonds is 7. The molecule has 0 aliphatic heterocycles. The van der Waals surface area contributed by atoms with Crippen molar-refractivity contribution in [3.05, 3.63) is 11.6 Å². The average molecular weight is 215 g/mol. The number of allylic oxidation sites excluding steroid dienone is 1. The fourth-order valence-corrected chi connectivity index (χ4v) is 2.20. The second-order valence-electron chi connectivity index (χ2n) is 3.96. The molecule has 0 aliphatic carbocycles. The molecule has 0 aromatic carbocycles. The number of nitrogens with one attached hydrogen (secondary N) is 1. The Balaban J connectivity index is 3.90. The van der Waals surface area contributed by atoms with E-state index in [0.29, 0.717) is 6.04 Å². The van der Waals surface area contributed by atoms with Crippen molar-refractivity contribution in [2.24, 2.45) is 0 Å². The van der Waals surface area contributed by atoms with Crippen molar-refractivity contribution in [3.63, 3.8) is 0 Å². The summed E-state index contributed by atoms with van der Waals surface area (Å²) in [6, 6.07) is 0.545. The number of hydrogen-bond acceptors (Lipinski definition) is 2. The molecule has 0 fully saturated rings. The lowest BCUT2D eigenvalue weighted by Gasteiger charge is -2.16. The quantitative estimate of drug-likeness (QED) is 0.653. The maximum absolute atomic E-state index is 3.50. The summed E-state index contributed by atoms with van der Waals surface area (Å²) in [5.41, 5.74) is 1.40. The highest BCUT2D eigenvalue weighted by Gasteiger charge is 2.06. The van der Waals surface area contributed by atoms with E-state index in [-0.39, 0.29) is 0 Å². The van der Waals surface area contributed by atoms with Crippen molar-refractivity contribution in [2.45, 2.75) is 52.3 Å². The second-order valence-corrected chi connectivity index (χ2v) is 5.43. The monoisotopic (exact) mass is 215 g/mol. The highest BCUT2D eigenvalue weighted by atomic mass is 32.2. The van der Waals surface area contributed by atoms with Crippen LogP contribution in [0.2, 0.25) is 0 Å². The van der Waals surface area contributed by atoms with Crippen LogP contribution in [-0.4, -0.2) is 23.6 Å². The van der Waals surface area contributed by atoms with Gasteiger partial charge in [0.1, 0.15) is 0 Å². The van der Waals surface area contributed by atoms with E-state index in [1.165, 1.54) is 17.7 Å². The van der Waals surface area contributed by atoms with Gasteiger partial charge in [-0.2, -0.15) is 11.8 Å². The molecule has 1 N–H and O–H groups in total. The fraction of sp³-hybridized carbons (Fsp3) is 0.833. The maximum atomic E-state index is 3.50. The number of hydrogen-bond donors (Lipinski definition) is 1. The van der Waals surface area contributed by atoms with Gasteiger partial charge in [0, 0.05) is 17.0 Å². The van der Waals surface area contributed by atoms with Crippen LogP contribution >= 0.6 is 11.8 Å². The standard InChI is InChI=1S/C12H25NS/c1-6-11(5)14-9-12(13-7-2)8-10(3)4/h8,11-13H,6-7,9H2,1-5H3. The first-order valence-electron chi connectivity index (χ1n) is 5.60. The third-order valence-corrected chi connectivity index (χ3v) is 3.59. The van der Waals surface area contributed by atoms with Crippen LogP contribution in [0.15, 0.2) is 11.6 Å². The molecule has 0 aromatic heterocycles. The Bertz CT molecular complexity index is 162. The summed E-state index contributed by atoms with van der Waals surface area (Å²) in [5.74, 6) is 1.19. The Morgan fingerprint density at radius 1 is 1.36 bits per heavy atom. The Kier molecular flexibility index (Phi) is 8.40. The van der Waals surface area contributed by atoms with Gasteiger partial charge in [0.15, 0.2) is 0 Å². The van der Waals surface area contributed by atoms with Gasteiger partial charge in [0.2, 0.25) is 0 Å². The van der Waals surface area contributed by atoms with E-state index in [4.69, 9.17) is 0 Å². The Labute approximate surface area is 93.7 Å². The van der Waals surface area contributed by atoms with Crippen LogP contribution in [0.25, 0.3) is 0 Å². The summed E-state index contributed by atoms with van der Waals surface area (Å²) in [4.78, 5) is 0. The lowest BCUT2D eigenvalue weighted by molar-refractivity contribution is 0.663. The molecule has 0 amide bonds. The third-order valence-electron chi connectivity index (χ3n) is 2.14. The molecular formula is C12H25NS. The van der Waals surface area contributed by atoms with Gasteiger partial charge in [0.05, 0.1) is 0 Å². The second kappa shape index (κ2) is 8.37. The van der Waals surface area contributed by atoms with Gasteiger partial charge >= 0.3 is 0 Å². The summed E-state index contributed by atoms with van der Waals surface area (Å²) >= 11 is 2.06. The van der Waals surface area contributed by atoms with Crippen LogP contribution in [-0.2, 0) is 0 Å². The summed E-state index contributed by atoms with van der Waals surface area (Å²) in [6.45, 7) is 12.1. The minimum absolute atomic E-state index is 0.545. The van der Waals surface area contributed by atoms with E-state index in [9.17, 15) is 0 Å². The van der Waals surface area contributed by atoms with Crippen molar-refractivity contribution < 1.29 is 0 Å². The smallest absolute Gasteiger partial charge is 0.0343 e. The highest BCUT2D eigenvalue weighted by molar-refractivity contribution is 7.99. The van der Waals surface area contributed by atoms with Gasteiger partial charge < -0.3 is 5.32 Å². The van der Waals surface area contributed by atoms with Gasteiger partial charge in [-0.05, 0) is 26.8 Å². The minimum atomic E-state index is 0.545. The van der Waals surface area contributed by atoms with Crippen LogP contribution in [0, 0.1) is 0 Å². The SMILES string of the molecule is CCNC(C=C(C)C)CSC(C)CC. The normalized spacial score (nSPS) is 14.9. The molecule has 0 aromatic rings. The van der Waals surface area contributed by atoms with E-state index < -0.39 is 0 Å². The molecule has 14 heavy (non-hydrogen) atoms. The Hall–Kier alpha value is 0.0500. The number of likely N-dealkylation sites (N-methyl/N-ethyl adjacent to an activating group) is 1. The van der Waals surface area contributed by atoms with Gasteiger partial charge in [-0.15, -0.1) is 0 Å². The van der Waals surface area contributed by atoms with Crippen molar-refractivity contribution in [1.29, 1.82) is 0 Å². The molecular weight excluding hydrogens is 190 g/mol. The fourth-order valence-electron chi connectivity index (χ4n) is 1.22. The van der Waals surface area contributed by atoms with Gasteiger partial charge in [0.25, 0.3) is 0 Å². The molecule has 0 aliphatic rings. The topological polar surface area (TPSA) is 12.0 Å². The molecule has 2 heteroatoms. The predicted molar refractivity (Wildman–Crippen MR) is 69.1 cm³/mol. The van der Waals surface area contributed by atoms with E-state index in [0.717, 1.165) is 11.8 Å². The van der Waals surface area contributed by atoms with Crippen molar-refractivity contribution >= 4 is 11.8 Å². The zero-order valence-corrected chi connectivity index (χ0v) is 11.1. The molecule has 0 heterocycles.